The normalized spacial score (nSPS) is 12.4. The summed E-state index contributed by atoms with van der Waals surface area (Å²) in [5.41, 5.74) is 6.16. The first-order valence-electron chi connectivity index (χ1n) is 18.2. The number of H-pyrrole nitrogens is 1. The number of hydrogen-bond donors (Lipinski definition) is 3. The predicted molar refractivity (Wildman–Crippen MR) is 205 cm³/mol. The number of hydrogen-bond acceptors (Lipinski definition) is 6. The van der Waals surface area contributed by atoms with Crippen molar-refractivity contribution in [2.24, 2.45) is 0 Å². The van der Waals surface area contributed by atoms with Gasteiger partial charge in [0.05, 0.1) is 11.4 Å². The number of fused-ring (bicyclic) bond motifs is 1. The van der Waals surface area contributed by atoms with E-state index in [0.29, 0.717) is 46.5 Å². The molecule has 4 aromatic rings. The number of benzene rings is 2. The minimum atomic E-state index is -3.43. The van der Waals surface area contributed by atoms with Crippen LogP contribution in [0.5, 0.6) is 5.75 Å². The zero-order valence-corrected chi connectivity index (χ0v) is 32.2. The van der Waals surface area contributed by atoms with Gasteiger partial charge in [0, 0.05) is 16.9 Å². The summed E-state index contributed by atoms with van der Waals surface area (Å²) in [6.45, 7) is 12.1. The van der Waals surface area contributed by atoms with Crippen molar-refractivity contribution in [1.29, 1.82) is 0 Å². The maximum absolute atomic E-state index is 14.0. The van der Waals surface area contributed by atoms with E-state index in [1.807, 2.05) is 40.7 Å². The Labute approximate surface area is 303 Å². The number of nitrogens with one attached hydrogen (secondary N) is 3. The van der Waals surface area contributed by atoms with Crippen LogP contribution in [0, 0.1) is 27.7 Å². The topological polar surface area (TPSA) is 130 Å². The molecule has 4 rings (SSSR count). The third-order valence-electron chi connectivity index (χ3n) is 9.20. The van der Waals surface area contributed by atoms with E-state index < -0.39 is 16.1 Å². The summed E-state index contributed by atoms with van der Waals surface area (Å²) in [7, 11) is -3.43. The maximum atomic E-state index is 14.0. The number of halogens is 1. The number of anilines is 2. The van der Waals surface area contributed by atoms with E-state index in [2.05, 4.69) is 32.3 Å². The molecule has 0 radical (unpaired) electrons. The molecule has 3 N–H and O–H groups in total. The molecule has 2 aromatic heterocycles. The molecular weight excluding hydrogens is 672 g/mol. The Bertz CT molecular complexity index is 1820. The Balaban J connectivity index is 1.50. The summed E-state index contributed by atoms with van der Waals surface area (Å²) in [5.74, 6) is 0.945. The number of aromatic amines is 1. The lowest BCUT2D eigenvalue weighted by Crippen LogP contribution is -2.33. The summed E-state index contributed by atoms with van der Waals surface area (Å²) in [6.07, 6.45) is 13.1. The molecule has 0 saturated carbocycles. The largest absolute Gasteiger partial charge is 0.481 e. The molecule has 0 aliphatic carbocycles. The van der Waals surface area contributed by atoms with E-state index in [9.17, 15) is 13.2 Å². The van der Waals surface area contributed by atoms with Crippen molar-refractivity contribution < 1.29 is 17.9 Å². The van der Waals surface area contributed by atoms with Gasteiger partial charge in [-0.25, -0.2) is 12.9 Å². The zero-order valence-electron chi connectivity index (χ0n) is 30.6. The molecule has 12 heteroatoms. The van der Waals surface area contributed by atoms with Crippen LogP contribution < -0.4 is 14.8 Å². The Hall–Kier alpha value is -3.57. The number of aryl methyl sites for hydroxylation is 3. The lowest BCUT2D eigenvalue weighted by atomic mass is 9.96. The second-order valence-corrected chi connectivity index (χ2v) is 15.7. The first-order valence-corrected chi connectivity index (χ1v) is 20.3. The fourth-order valence-electron chi connectivity index (χ4n) is 6.40. The first kappa shape index (κ1) is 39.2. The van der Waals surface area contributed by atoms with Gasteiger partial charge in [-0.3, -0.25) is 14.6 Å². The average molecular weight is 727 g/mol. The number of amides is 1. The van der Waals surface area contributed by atoms with Crippen LogP contribution in [0.3, 0.4) is 0 Å². The Kier molecular flexibility index (Phi) is 14.6. The van der Waals surface area contributed by atoms with Gasteiger partial charge in [0.25, 0.3) is 5.91 Å². The number of carbonyl (C=O) groups is 1. The Morgan fingerprint density at radius 3 is 2.14 bits per heavy atom. The van der Waals surface area contributed by atoms with Gasteiger partial charge < -0.3 is 10.1 Å². The molecule has 274 valence electrons. The van der Waals surface area contributed by atoms with Gasteiger partial charge in [0.15, 0.2) is 17.6 Å². The molecule has 1 atom stereocenters. The molecule has 0 aliphatic heterocycles. The van der Waals surface area contributed by atoms with Crippen LogP contribution in [0.1, 0.15) is 120 Å². The molecule has 0 aliphatic rings. The SMILES string of the molecule is CCCCCCCCCCCCC(Oc1ccc(NS(=O)(=O)CCCC)cc1)C(=O)Nc1c(C)cc(C)c(-c2nnc3c(Cl)c(C)[nH]n23)c1C. The molecule has 0 fully saturated rings. The summed E-state index contributed by atoms with van der Waals surface area (Å²) in [5, 5.41) is 15.7. The molecule has 1 amide bonds. The van der Waals surface area contributed by atoms with Crippen molar-refractivity contribution in [2.75, 3.05) is 15.8 Å². The van der Waals surface area contributed by atoms with Crippen molar-refractivity contribution in [1.82, 2.24) is 19.8 Å². The van der Waals surface area contributed by atoms with E-state index in [1.54, 1.807) is 28.8 Å². The van der Waals surface area contributed by atoms with Gasteiger partial charge in [-0.2, -0.15) is 0 Å². The number of nitrogens with zero attached hydrogens (tertiary/aromatic N) is 3. The van der Waals surface area contributed by atoms with Crippen molar-refractivity contribution in [3.05, 3.63) is 57.7 Å². The Morgan fingerprint density at radius 2 is 1.50 bits per heavy atom. The van der Waals surface area contributed by atoms with Gasteiger partial charge in [0.1, 0.15) is 10.8 Å². The van der Waals surface area contributed by atoms with Gasteiger partial charge in [-0.05, 0) is 87.9 Å². The summed E-state index contributed by atoms with van der Waals surface area (Å²) < 4.78 is 35.5. The first-order chi connectivity index (χ1) is 24.0. The quantitative estimate of drug-likeness (QED) is 0.0733. The Morgan fingerprint density at radius 1 is 0.880 bits per heavy atom. The van der Waals surface area contributed by atoms with Crippen LogP contribution in [-0.2, 0) is 14.8 Å². The van der Waals surface area contributed by atoms with Crippen molar-refractivity contribution in [3.63, 3.8) is 0 Å². The summed E-state index contributed by atoms with van der Waals surface area (Å²) in [4.78, 5) is 14.0. The zero-order chi connectivity index (χ0) is 36.3. The molecule has 2 aromatic carbocycles. The van der Waals surface area contributed by atoms with E-state index >= 15 is 0 Å². The third kappa shape index (κ3) is 10.5. The van der Waals surface area contributed by atoms with Crippen LogP contribution in [0.4, 0.5) is 11.4 Å². The highest BCUT2D eigenvalue weighted by Gasteiger charge is 2.25. The lowest BCUT2D eigenvalue weighted by molar-refractivity contribution is -0.123. The lowest BCUT2D eigenvalue weighted by Gasteiger charge is -2.22. The minimum absolute atomic E-state index is 0.0722. The number of unbranched alkanes of at least 4 members (excludes halogenated alkanes) is 10. The van der Waals surface area contributed by atoms with Crippen molar-refractivity contribution >= 4 is 44.6 Å². The second-order valence-electron chi connectivity index (χ2n) is 13.5. The highest BCUT2D eigenvalue weighted by Crippen LogP contribution is 2.35. The summed E-state index contributed by atoms with van der Waals surface area (Å²) >= 11 is 6.45. The number of ether oxygens (including phenoxy) is 1. The van der Waals surface area contributed by atoms with E-state index in [1.165, 1.54) is 44.9 Å². The highest BCUT2D eigenvalue weighted by molar-refractivity contribution is 7.92. The van der Waals surface area contributed by atoms with Crippen LogP contribution in [0.15, 0.2) is 30.3 Å². The number of rotatable bonds is 21. The van der Waals surface area contributed by atoms with Crippen molar-refractivity contribution in [2.45, 2.75) is 131 Å². The molecule has 10 nitrogen and oxygen atoms in total. The minimum Gasteiger partial charge on any atom is -0.481 e. The average Bonchev–Trinajstić information content (AvgIpc) is 3.61. The predicted octanol–water partition coefficient (Wildman–Crippen LogP) is 9.85. The fraction of sp³-hybridized carbons (Fsp3) is 0.553. The molecular formula is C38H55ClN6O4S. The van der Waals surface area contributed by atoms with Crippen LogP contribution >= 0.6 is 11.6 Å². The van der Waals surface area contributed by atoms with Gasteiger partial charge in [-0.1, -0.05) is 95.7 Å². The van der Waals surface area contributed by atoms with Crippen LogP contribution in [0.25, 0.3) is 17.0 Å². The van der Waals surface area contributed by atoms with Crippen LogP contribution in [-0.4, -0.2) is 46.0 Å². The molecule has 0 bridgehead atoms. The number of aromatic nitrogens is 4. The summed E-state index contributed by atoms with van der Waals surface area (Å²) in [6, 6.07) is 8.79. The standard InChI is InChI=1S/C38H55ClN6O4S/c1-7-9-11-12-13-14-15-16-17-18-19-32(49-31-22-20-30(21-23-31)44-50(47,48)24-10-8-2)38(46)40-35-27(4)25-26(3)33(28(35)5)36-41-42-37-34(39)29(6)43-45(36)37/h20-23,25,32,43-44H,7-19,24H2,1-6H3,(H,40,46). The van der Waals surface area contributed by atoms with E-state index in [0.717, 1.165) is 53.6 Å². The third-order valence-corrected chi connectivity index (χ3v) is 11.0. The van der Waals surface area contributed by atoms with Gasteiger partial charge in [0.2, 0.25) is 10.0 Å². The van der Waals surface area contributed by atoms with E-state index in [4.69, 9.17) is 16.3 Å². The fourth-order valence-corrected chi connectivity index (χ4v) is 7.83. The molecule has 50 heavy (non-hydrogen) atoms. The molecule has 1 unspecified atom stereocenters. The maximum Gasteiger partial charge on any atom is 0.265 e. The monoisotopic (exact) mass is 726 g/mol. The second kappa shape index (κ2) is 18.6. The molecule has 2 heterocycles. The molecule has 0 spiro atoms. The highest BCUT2D eigenvalue weighted by atomic mass is 35.5. The smallest absolute Gasteiger partial charge is 0.265 e. The number of sulfonamides is 1. The van der Waals surface area contributed by atoms with Crippen molar-refractivity contribution in [3.8, 4) is 17.1 Å². The van der Waals surface area contributed by atoms with E-state index in [-0.39, 0.29) is 11.7 Å². The number of carbonyl (C=O) groups excluding carboxylic acids is 1. The van der Waals surface area contributed by atoms with Gasteiger partial charge >= 0.3 is 0 Å². The van der Waals surface area contributed by atoms with Gasteiger partial charge in [-0.15, -0.1) is 10.2 Å². The van der Waals surface area contributed by atoms with Crippen LogP contribution in [0.2, 0.25) is 5.02 Å². The molecule has 0 saturated heterocycles.